The number of aliphatic hydroxyl groups excluding tert-OH is 1. The molecule has 4 unspecified atom stereocenters. The molecule has 3 aromatic rings. The molecule has 200 valence electrons. The van der Waals surface area contributed by atoms with Crippen molar-refractivity contribution in [3.8, 4) is 5.69 Å². The minimum atomic E-state index is -4.67. The number of aryl methyl sites for hydroxylation is 1. The van der Waals surface area contributed by atoms with Crippen LogP contribution in [0.15, 0.2) is 58.5 Å². The second-order valence-corrected chi connectivity index (χ2v) is 9.65. The summed E-state index contributed by atoms with van der Waals surface area (Å²) in [7, 11) is 0. The fraction of sp³-hybridized carbons (Fsp3) is 0.417. The van der Waals surface area contributed by atoms with Gasteiger partial charge in [-0.05, 0) is 36.9 Å². The zero-order valence-corrected chi connectivity index (χ0v) is 21.0. The lowest BCUT2D eigenvalue weighted by atomic mass is 9.91. The van der Waals surface area contributed by atoms with Crippen LogP contribution in [0.25, 0.3) is 16.1 Å². The van der Waals surface area contributed by atoms with Gasteiger partial charge in [0.2, 0.25) is 0 Å². The lowest BCUT2D eigenvalue weighted by Gasteiger charge is -2.46. The first-order valence-corrected chi connectivity index (χ1v) is 12.8. The normalized spacial score (nSPS) is 27.4. The van der Waals surface area contributed by atoms with E-state index in [1.165, 1.54) is 30.8 Å². The van der Waals surface area contributed by atoms with Crippen LogP contribution in [0.4, 0.5) is 13.2 Å². The van der Waals surface area contributed by atoms with Gasteiger partial charge < -0.3 is 19.3 Å². The standard InChI is InChI=1S/C24H23F3N6O4S/c1-12-29-22(33(31-12)16-10-14(38-2)8-9-15(16)24(25,26)27)21-19(34)18(30-32-28)20-17(36-21)11-35-23(37-20)13-6-4-3-5-7-13/h3-10,17-21,23,34H,11H2,1-2H3/t17?,18?,19?,20-,21+,23?/m0/s1. The topological polar surface area (TPSA) is 127 Å². The molecule has 0 aliphatic carbocycles. The lowest BCUT2D eigenvalue weighted by molar-refractivity contribution is -0.309. The number of nitrogens with zero attached hydrogens (tertiary/aromatic N) is 6. The number of alkyl halides is 3. The molecule has 1 N–H and O–H groups in total. The van der Waals surface area contributed by atoms with Crippen molar-refractivity contribution in [3.63, 3.8) is 0 Å². The summed E-state index contributed by atoms with van der Waals surface area (Å²) in [5, 5.41) is 19.3. The van der Waals surface area contributed by atoms with Crippen LogP contribution in [0.5, 0.6) is 0 Å². The Hall–Kier alpha value is -3.13. The van der Waals surface area contributed by atoms with E-state index < -0.39 is 48.5 Å². The van der Waals surface area contributed by atoms with Gasteiger partial charge in [0, 0.05) is 15.4 Å². The molecule has 2 aliphatic rings. The Balaban J connectivity index is 1.53. The van der Waals surface area contributed by atoms with E-state index >= 15 is 0 Å². The van der Waals surface area contributed by atoms with Gasteiger partial charge >= 0.3 is 6.18 Å². The van der Waals surface area contributed by atoms with Crippen LogP contribution in [-0.4, -0.2) is 57.1 Å². The first-order valence-electron chi connectivity index (χ1n) is 11.6. The largest absolute Gasteiger partial charge is 0.418 e. The van der Waals surface area contributed by atoms with E-state index in [0.717, 1.165) is 16.3 Å². The molecular formula is C24H23F3N6O4S. The minimum absolute atomic E-state index is 0.0216. The maximum Gasteiger partial charge on any atom is 0.418 e. The summed E-state index contributed by atoms with van der Waals surface area (Å²) in [6.45, 7) is 1.54. The van der Waals surface area contributed by atoms with Gasteiger partial charge in [-0.2, -0.15) is 18.3 Å². The molecule has 0 spiro atoms. The van der Waals surface area contributed by atoms with Gasteiger partial charge in [0.25, 0.3) is 0 Å². The third kappa shape index (κ3) is 4.98. The lowest BCUT2D eigenvalue weighted by Crippen LogP contribution is -2.58. The Labute approximate surface area is 219 Å². The van der Waals surface area contributed by atoms with Gasteiger partial charge in [0.15, 0.2) is 12.1 Å². The number of halogens is 3. The number of ether oxygens (including phenoxy) is 3. The Morgan fingerprint density at radius 2 is 1.95 bits per heavy atom. The molecule has 3 heterocycles. The van der Waals surface area contributed by atoms with Crippen molar-refractivity contribution in [2.24, 2.45) is 5.11 Å². The fourth-order valence-electron chi connectivity index (χ4n) is 4.64. The molecule has 2 aromatic carbocycles. The number of benzene rings is 2. The van der Waals surface area contributed by atoms with Crippen molar-refractivity contribution in [3.05, 3.63) is 81.7 Å². The molecule has 2 fully saturated rings. The molecule has 2 aliphatic heterocycles. The highest BCUT2D eigenvalue weighted by Gasteiger charge is 2.51. The summed E-state index contributed by atoms with van der Waals surface area (Å²) in [5.41, 5.74) is 8.78. The van der Waals surface area contributed by atoms with Gasteiger partial charge in [0.05, 0.1) is 30.0 Å². The first-order chi connectivity index (χ1) is 18.2. The molecule has 6 atom stereocenters. The SMILES string of the molecule is CSc1ccc(C(F)(F)F)c(-n2nc(C)nc2[C@@H]2OC3COC(c4ccccc4)O[C@@H]3C(N=[N+]=[N-])C2O)c1. The molecular weight excluding hydrogens is 525 g/mol. The van der Waals surface area contributed by atoms with Crippen LogP contribution >= 0.6 is 11.8 Å². The second-order valence-electron chi connectivity index (χ2n) is 8.77. The number of hydrogen-bond acceptors (Lipinski definition) is 8. The van der Waals surface area contributed by atoms with Crippen molar-refractivity contribution in [2.75, 3.05) is 12.9 Å². The highest BCUT2D eigenvalue weighted by Crippen LogP contribution is 2.42. The van der Waals surface area contributed by atoms with E-state index in [9.17, 15) is 23.8 Å². The second kappa shape index (κ2) is 10.6. The van der Waals surface area contributed by atoms with Crippen molar-refractivity contribution < 1.29 is 32.5 Å². The van der Waals surface area contributed by atoms with Crippen LogP contribution in [0.1, 0.15) is 35.2 Å². The molecule has 1 aromatic heterocycles. The van der Waals surface area contributed by atoms with E-state index in [-0.39, 0.29) is 23.9 Å². The van der Waals surface area contributed by atoms with Gasteiger partial charge in [-0.3, -0.25) is 0 Å². The average molecular weight is 549 g/mol. The monoisotopic (exact) mass is 548 g/mol. The van der Waals surface area contributed by atoms with Crippen LogP contribution in [0, 0.1) is 6.92 Å². The number of aromatic nitrogens is 3. The van der Waals surface area contributed by atoms with Crippen LogP contribution in [-0.2, 0) is 20.4 Å². The quantitative estimate of drug-likeness (QED) is 0.208. The predicted octanol–water partition coefficient (Wildman–Crippen LogP) is 4.91. The molecule has 0 radical (unpaired) electrons. The summed E-state index contributed by atoms with van der Waals surface area (Å²) in [6.07, 6.45) is -8.18. The van der Waals surface area contributed by atoms with Crippen molar-refractivity contribution in [1.82, 2.24) is 14.8 Å². The summed E-state index contributed by atoms with van der Waals surface area (Å²) >= 11 is 1.27. The Bertz CT molecular complexity index is 1350. The van der Waals surface area contributed by atoms with E-state index in [2.05, 4.69) is 20.1 Å². The van der Waals surface area contributed by atoms with E-state index in [1.807, 2.05) is 30.3 Å². The van der Waals surface area contributed by atoms with Crippen LogP contribution < -0.4 is 0 Å². The summed E-state index contributed by atoms with van der Waals surface area (Å²) < 4.78 is 60.9. The number of rotatable bonds is 5. The van der Waals surface area contributed by atoms with Crippen LogP contribution in [0.2, 0.25) is 0 Å². The maximum absolute atomic E-state index is 14.0. The Morgan fingerprint density at radius 3 is 2.63 bits per heavy atom. The highest BCUT2D eigenvalue weighted by atomic mass is 32.2. The summed E-state index contributed by atoms with van der Waals surface area (Å²) in [6, 6.07) is 11.7. The van der Waals surface area contributed by atoms with Crippen molar-refractivity contribution >= 4 is 11.8 Å². The zero-order valence-electron chi connectivity index (χ0n) is 20.2. The molecule has 0 saturated carbocycles. The van der Waals surface area contributed by atoms with Crippen molar-refractivity contribution in [1.29, 1.82) is 0 Å². The van der Waals surface area contributed by atoms with Gasteiger partial charge in [-0.15, -0.1) is 11.8 Å². The predicted molar refractivity (Wildman–Crippen MR) is 129 cm³/mol. The first kappa shape index (κ1) is 26.5. The third-order valence-electron chi connectivity index (χ3n) is 6.36. The molecule has 2 saturated heterocycles. The zero-order chi connectivity index (χ0) is 27.0. The molecule has 14 heteroatoms. The molecule has 5 rings (SSSR count). The number of azide groups is 1. The third-order valence-corrected chi connectivity index (χ3v) is 7.09. The molecule has 10 nitrogen and oxygen atoms in total. The smallest absolute Gasteiger partial charge is 0.389 e. The molecule has 0 bridgehead atoms. The maximum atomic E-state index is 14.0. The van der Waals surface area contributed by atoms with E-state index in [4.69, 9.17) is 14.2 Å². The summed E-state index contributed by atoms with van der Waals surface area (Å²) in [5.74, 6) is 0.0988. The van der Waals surface area contributed by atoms with Gasteiger partial charge in [0.1, 0.15) is 24.1 Å². The van der Waals surface area contributed by atoms with E-state index in [1.54, 1.807) is 6.26 Å². The minimum Gasteiger partial charge on any atom is -0.389 e. The number of hydrogen-bond donors (Lipinski definition) is 1. The number of aliphatic hydroxyl groups is 1. The van der Waals surface area contributed by atoms with Crippen molar-refractivity contribution in [2.45, 2.75) is 54.7 Å². The molecule has 38 heavy (non-hydrogen) atoms. The molecule has 0 amide bonds. The number of thioether (sulfide) groups is 1. The highest BCUT2D eigenvalue weighted by molar-refractivity contribution is 7.98. The van der Waals surface area contributed by atoms with Crippen LogP contribution in [0.3, 0.4) is 0 Å². The Morgan fingerprint density at radius 1 is 1.18 bits per heavy atom. The summed E-state index contributed by atoms with van der Waals surface area (Å²) in [4.78, 5) is 7.76. The number of fused-ring (bicyclic) bond motifs is 1. The Kier molecular flexibility index (Phi) is 7.36. The van der Waals surface area contributed by atoms with Gasteiger partial charge in [-0.25, -0.2) is 9.67 Å². The average Bonchev–Trinajstić information content (AvgIpc) is 3.30. The fourth-order valence-corrected chi connectivity index (χ4v) is 5.08. The van der Waals surface area contributed by atoms with E-state index in [0.29, 0.717) is 4.90 Å². The van der Waals surface area contributed by atoms with Gasteiger partial charge in [-0.1, -0.05) is 35.4 Å².